The highest BCUT2D eigenvalue weighted by Gasteiger charge is 2.34. The molecule has 0 unspecified atom stereocenters. The molecule has 1 aliphatic heterocycles. The van der Waals surface area contributed by atoms with Crippen molar-refractivity contribution in [3.05, 3.63) is 59.3 Å². The molecule has 2 heterocycles. The van der Waals surface area contributed by atoms with Crippen LogP contribution in [0.1, 0.15) is 29.7 Å². The van der Waals surface area contributed by atoms with E-state index in [4.69, 9.17) is 5.73 Å². The summed E-state index contributed by atoms with van der Waals surface area (Å²) in [5, 5.41) is 0. The molecule has 1 aromatic heterocycles. The Morgan fingerprint density at radius 3 is 2.32 bits per heavy atom. The Morgan fingerprint density at radius 2 is 1.72 bits per heavy atom. The Bertz CT molecular complexity index is 693. The third kappa shape index (κ3) is 4.31. The van der Waals surface area contributed by atoms with Gasteiger partial charge < -0.3 is 10.6 Å². The molecule has 3 rings (SSSR count). The highest BCUT2D eigenvalue weighted by atomic mass is 19.4. The first-order valence-corrected chi connectivity index (χ1v) is 8.53. The van der Waals surface area contributed by atoms with Crippen LogP contribution in [0.2, 0.25) is 0 Å². The van der Waals surface area contributed by atoms with Crippen molar-refractivity contribution in [3.63, 3.8) is 0 Å². The van der Waals surface area contributed by atoms with Crippen molar-refractivity contribution < 1.29 is 13.2 Å². The predicted octanol–water partition coefficient (Wildman–Crippen LogP) is 4.02. The normalized spacial score (nSPS) is 16.2. The molecule has 25 heavy (non-hydrogen) atoms. The summed E-state index contributed by atoms with van der Waals surface area (Å²) >= 11 is 0. The van der Waals surface area contributed by atoms with E-state index in [1.54, 1.807) is 0 Å². The third-order valence-electron chi connectivity index (χ3n) is 4.75. The summed E-state index contributed by atoms with van der Waals surface area (Å²) in [7, 11) is 0. The van der Waals surface area contributed by atoms with E-state index in [9.17, 15) is 13.2 Å². The lowest BCUT2D eigenvalue weighted by Gasteiger charge is -2.34. The maximum Gasteiger partial charge on any atom is 0.433 e. The van der Waals surface area contributed by atoms with Gasteiger partial charge in [-0.3, -0.25) is 0 Å². The van der Waals surface area contributed by atoms with Crippen LogP contribution in [0.4, 0.5) is 19.0 Å². The molecule has 0 radical (unpaired) electrons. The van der Waals surface area contributed by atoms with Crippen molar-refractivity contribution in [2.24, 2.45) is 11.7 Å². The van der Waals surface area contributed by atoms with Gasteiger partial charge in [0.25, 0.3) is 0 Å². The van der Waals surface area contributed by atoms with Crippen LogP contribution in [0, 0.1) is 5.92 Å². The molecule has 0 atom stereocenters. The molecule has 2 aromatic rings. The van der Waals surface area contributed by atoms with E-state index in [-0.39, 0.29) is 6.54 Å². The van der Waals surface area contributed by atoms with Crippen LogP contribution in [0.3, 0.4) is 0 Å². The molecular formula is C19H22F3N3. The second kappa shape index (κ2) is 7.44. The smallest absolute Gasteiger partial charge is 0.356 e. The number of hydrogen-bond donors (Lipinski definition) is 1. The van der Waals surface area contributed by atoms with Gasteiger partial charge in [-0.1, -0.05) is 36.4 Å². The van der Waals surface area contributed by atoms with Crippen molar-refractivity contribution in [2.45, 2.75) is 32.0 Å². The van der Waals surface area contributed by atoms with E-state index in [2.05, 4.69) is 17.1 Å². The Labute approximate surface area is 145 Å². The van der Waals surface area contributed by atoms with Crippen LogP contribution in [0.5, 0.6) is 0 Å². The van der Waals surface area contributed by atoms with E-state index in [1.807, 2.05) is 23.1 Å². The second-order valence-electron chi connectivity index (χ2n) is 6.50. The molecule has 0 spiro atoms. The van der Waals surface area contributed by atoms with Crippen LogP contribution < -0.4 is 10.6 Å². The van der Waals surface area contributed by atoms with Gasteiger partial charge in [-0.15, -0.1) is 0 Å². The zero-order valence-electron chi connectivity index (χ0n) is 14.0. The minimum Gasteiger partial charge on any atom is -0.356 e. The number of pyridine rings is 1. The number of aromatic nitrogens is 1. The summed E-state index contributed by atoms with van der Waals surface area (Å²) in [5.74, 6) is 0.932. The monoisotopic (exact) mass is 349 g/mol. The van der Waals surface area contributed by atoms with Gasteiger partial charge in [-0.05, 0) is 36.8 Å². The number of hydrogen-bond acceptors (Lipinski definition) is 3. The molecular weight excluding hydrogens is 327 g/mol. The molecule has 0 saturated carbocycles. The maximum atomic E-state index is 13.0. The van der Waals surface area contributed by atoms with Gasteiger partial charge in [-0.25, -0.2) is 4.98 Å². The van der Waals surface area contributed by atoms with E-state index < -0.39 is 11.9 Å². The average Bonchev–Trinajstić information content (AvgIpc) is 2.62. The number of piperidine rings is 1. The SMILES string of the molecule is NCc1ccc(C(F)(F)F)nc1N1CCC(Cc2ccccc2)CC1. The topological polar surface area (TPSA) is 42.1 Å². The Morgan fingerprint density at radius 1 is 1.04 bits per heavy atom. The number of nitrogens with two attached hydrogens (primary N) is 1. The van der Waals surface area contributed by atoms with E-state index in [0.29, 0.717) is 30.4 Å². The highest BCUT2D eigenvalue weighted by molar-refractivity contribution is 5.48. The van der Waals surface area contributed by atoms with Gasteiger partial charge >= 0.3 is 6.18 Å². The third-order valence-corrected chi connectivity index (χ3v) is 4.75. The summed E-state index contributed by atoms with van der Waals surface area (Å²) in [6.45, 7) is 1.60. The predicted molar refractivity (Wildman–Crippen MR) is 92.2 cm³/mol. The lowest BCUT2D eigenvalue weighted by Crippen LogP contribution is -2.36. The second-order valence-corrected chi connectivity index (χ2v) is 6.50. The first-order valence-electron chi connectivity index (χ1n) is 8.53. The van der Waals surface area contributed by atoms with Gasteiger partial charge in [-0.2, -0.15) is 13.2 Å². The Kier molecular flexibility index (Phi) is 5.27. The molecule has 1 fully saturated rings. The average molecular weight is 349 g/mol. The van der Waals surface area contributed by atoms with E-state index in [1.165, 1.54) is 11.6 Å². The quantitative estimate of drug-likeness (QED) is 0.907. The van der Waals surface area contributed by atoms with E-state index in [0.717, 1.165) is 25.3 Å². The summed E-state index contributed by atoms with van der Waals surface area (Å²) in [6.07, 6.45) is -1.55. The lowest BCUT2D eigenvalue weighted by molar-refractivity contribution is -0.141. The van der Waals surface area contributed by atoms with Crippen LogP contribution in [-0.4, -0.2) is 18.1 Å². The Hall–Kier alpha value is -2.08. The maximum absolute atomic E-state index is 13.0. The van der Waals surface area contributed by atoms with Gasteiger partial charge in [0.05, 0.1) is 0 Å². The summed E-state index contributed by atoms with van der Waals surface area (Å²) < 4.78 is 38.9. The number of halogens is 3. The standard InChI is InChI=1S/C19H22F3N3/c20-19(21,22)17-7-6-16(13-23)18(24-17)25-10-8-15(9-11-25)12-14-4-2-1-3-5-14/h1-7,15H,8-13,23H2. The van der Waals surface area contributed by atoms with Crippen LogP contribution in [0.25, 0.3) is 0 Å². The van der Waals surface area contributed by atoms with Crippen LogP contribution in [-0.2, 0) is 19.1 Å². The van der Waals surface area contributed by atoms with Crippen LogP contribution >= 0.6 is 0 Å². The summed E-state index contributed by atoms with van der Waals surface area (Å²) in [4.78, 5) is 5.81. The van der Waals surface area contributed by atoms with Crippen molar-refractivity contribution in [1.82, 2.24) is 4.98 Å². The summed E-state index contributed by atoms with van der Waals surface area (Å²) in [6, 6.07) is 12.8. The summed E-state index contributed by atoms with van der Waals surface area (Å²) in [5.41, 5.74) is 6.81. The molecule has 0 bridgehead atoms. The number of nitrogens with zero attached hydrogens (tertiary/aromatic N) is 2. The number of anilines is 1. The van der Waals surface area contributed by atoms with E-state index >= 15 is 0 Å². The van der Waals surface area contributed by atoms with Gasteiger partial charge in [0.2, 0.25) is 0 Å². The minimum absolute atomic E-state index is 0.185. The molecule has 1 aliphatic rings. The highest BCUT2D eigenvalue weighted by Crippen LogP contribution is 2.32. The Balaban J connectivity index is 1.70. The van der Waals surface area contributed by atoms with Gasteiger partial charge in [0.15, 0.2) is 0 Å². The van der Waals surface area contributed by atoms with Crippen molar-refractivity contribution >= 4 is 5.82 Å². The molecule has 2 N–H and O–H groups in total. The van der Waals surface area contributed by atoms with Crippen LogP contribution in [0.15, 0.2) is 42.5 Å². The largest absolute Gasteiger partial charge is 0.433 e. The molecule has 1 saturated heterocycles. The number of rotatable bonds is 4. The molecule has 3 nitrogen and oxygen atoms in total. The molecule has 6 heteroatoms. The lowest BCUT2D eigenvalue weighted by atomic mass is 9.90. The number of alkyl halides is 3. The fraction of sp³-hybridized carbons (Fsp3) is 0.421. The first-order chi connectivity index (χ1) is 12.0. The van der Waals surface area contributed by atoms with Crippen molar-refractivity contribution in [2.75, 3.05) is 18.0 Å². The number of benzene rings is 1. The molecule has 0 amide bonds. The molecule has 0 aliphatic carbocycles. The molecule has 1 aromatic carbocycles. The zero-order chi connectivity index (χ0) is 17.9. The van der Waals surface area contributed by atoms with Gasteiger partial charge in [0, 0.05) is 25.2 Å². The van der Waals surface area contributed by atoms with Gasteiger partial charge in [0.1, 0.15) is 11.5 Å². The molecule has 134 valence electrons. The zero-order valence-corrected chi connectivity index (χ0v) is 14.0. The fourth-order valence-corrected chi connectivity index (χ4v) is 3.36. The minimum atomic E-state index is -4.44. The van der Waals surface area contributed by atoms with Crippen molar-refractivity contribution in [3.8, 4) is 0 Å². The first kappa shape index (κ1) is 17.7. The fourth-order valence-electron chi connectivity index (χ4n) is 3.36. The van der Waals surface area contributed by atoms with Crippen molar-refractivity contribution in [1.29, 1.82) is 0 Å².